The molecule has 0 aromatic rings. The first kappa shape index (κ1) is 10.4. The van der Waals surface area contributed by atoms with E-state index in [1.807, 2.05) is 6.19 Å². The second-order valence-corrected chi connectivity index (χ2v) is 4.15. The molecule has 0 aromatic heterocycles. The topological polar surface area (TPSA) is 48.6 Å². The van der Waals surface area contributed by atoms with Crippen LogP contribution in [0, 0.1) is 17.4 Å². The van der Waals surface area contributed by atoms with Crippen molar-refractivity contribution in [1.29, 1.82) is 5.26 Å². The van der Waals surface area contributed by atoms with E-state index in [4.69, 9.17) is 10.00 Å². The summed E-state index contributed by atoms with van der Waals surface area (Å²) < 4.78 is 5.31. The van der Waals surface area contributed by atoms with E-state index in [1.54, 1.807) is 0 Å². The highest BCUT2D eigenvalue weighted by atomic mass is 16.5. The smallest absolute Gasteiger partial charge is 0.207 e. The SMILES string of the molecule is N#CN=C(C1CCCC1)N1CCOCC1. The summed E-state index contributed by atoms with van der Waals surface area (Å²) in [5.41, 5.74) is 0. The van der Waals surface area contributed by atoms with Gasteiger partial charge in [0, 0.05) is 19.0 Å². The maximum absolute atomic E-state index is 8.73. The zero-order valence-electron chi connectivity index (χ0n) is 8.98. The van der Waals surface area contributed by atoms with Gasteiger partial charge in [-0.05, 0) is 12.8 Å². The van der Waals surface area contributed by atoms with Gasteiger partial charge in [0.25, 0.3) is 0 Å². The predicted molar refractivity (Wildman–Crippen MR) is 57.4 cm³/mol. The molecular formula is C11H17N3O. The molecule has 4 heteroatoms. The highest BCUT2D eigenvalue weighted by molar-refractivity contribution is 5.85. The molecule has 0 atom stereocenters. The summed E-state index contributed by atoms with van der Waals surface area (Å²) in [6.07, 6.45) is 6.89. The Hall–Kier alpha value is -1.08. The third-order valence-corrected chi connectivity index (χ3v) is 3.22. The minimum Gasteiger partial charge on any atom is -0.378 e. The van der Waals surface area contributed by atoms with Gasteiger partial charge in [0.2, 0.25) is 6.19 Å². The molecule has 2 rings (SSSR count). The molecule has 4 nitrogen and oxygen atoms in total. The van der Waals surface area contributed by atoms with Gasteiger partial charge in [0.1, 0.15) is 5.84 Å². The van der Waals surface area contributed by atoms with Crippen LogP contribution in [0.2, 0.25) is 0 Å². The van der Waals surface area contributed by atoms with Crippen LogP contribution in [0.4, 0.5) is 0 Å². The van der Waals surface area contributed by atoms with Gasteiger partial charge >= 0.3 is 0 Å². The number of hydrogen-bond donors (Lipinski definition) is 0. The van der Waals surface area contributed by atoms with Gasteiger partial charge in [-0.25, -0.2) is 0 Å². The highest BCUT2D eigenvalue weighted by Gasteiger charge is 2.26. The zero-order valence-corrected chi connectivity index (χ0v) is 8.98. The lowest BCUT2D eigenvalue weighted by atomic mass is 10.1. The number of ether oxygens (including phenoxy) is 1. The van der Waals surface area contributed by atoms with Crippen molar-refractivity contribution in [2.75, 3.05) is 26.3 Å². The van der Waals surface area contributed by atoms with Crippen molar-refractivity contribution in [3.63, 3.8) is 0 Å². The first-order valence-corrected chi connectivity index (χ1v) is 5.71. The summed E-state index contributed by atoms with van der Waals surface area (Å²) >= 11 is 0. The van der Waals surface area contributed by atoms with Crippen LogP contribution in [0.15, 0.2) is 4.99 Å². The molecule has 82 valence electrons. The fourth-order valence-corrected chi connectivity index (χ4v) is 2.45. The number of aliphatic imine (C=N–C) groups is 1. The fraction of sp³-hybridized carbons (Fsp3) is 0.818. The van der Waals surface area contributed by atoms with Crippen LogP contribution in [0.25, 0.3) is 0 Å². The van der Waals surface area contributed by atoms with Crippen LogP contribution in [0.3, 0.4) is 0 Å². The second kappa shape index (κ2) is 5.13. The number of morpholine rings is 1. The number of nitrogens with zero attached hydrogens (tertiary/aromatic N) is 3. The summed E-state index contributed by atoms with van der Waals surface area (Å²) in [6, 6.07) is 0. The molecule has 1 aliphatic carbocycles. The van der Waals surface area contributed by atoms with E-state index in [2.05, 4.69) is 9.89 Å². The quantitative estimate of drug-likeness (QED) is 0.371. The van der Waals surface area contributed by atoms with Crippen molar-refractivity contribution in [3.05, 3.63) is 0 Å². The lowest BCUT2D eigenvalue weighted by molar-refractivity contribution is 0.0659. The van der Waals surface area contributed by atoms with E-state index < -0.39 is 0 Å². The Morgan fingerprint density at radius 3 is 2.53 bits per heavy atom. The minimum absolute atomic E-state index is 0.516. The van der Waals surface area contributed by atoms with Crippen molar-refractivity contribution in [2.24, 2.45) is 10.9 Å². The van der Waals surface area contributed by atoms with Gasteiger partial charge in [-0.1, -0.05) is 12.8 Å². The molecule has 15 heavy (non-hydrogen) atoms. The maximum Gasteiger partial charge on any atom is 0.207 e. The Balaban J connectivity index is 2.04. The van der Waals surface area contributed by atoms with Crippen LogP contribution in [0.5, 0.6) is 0 Å². The zero-order chi connectivity index (χ0) is 10.5. The Morgan fingerprint density at radius 1 is 1.27 bits per heavy atom. The molecule has 0 spiro atoms. The molecule has 0 aromatic carbocycles. The fourth-order valence-electron chi connectivity index (χ4n) is 2.45. The Kier molecular flexibility index (Phi) is 3.57. The molecule has 1 saturated heterocycles. The van der Waals surface area contributed by atoms with Crippen LogP contribution in [-0.4, -0.2) is 37.0 Å². The maximum atomic E-state index is 8.73. The Labute approximate surface area is 90.5 Å². The average molecular weight is 207 g/mol. The van der Waals surface area contributed by atoms with Crippen molar-refractivity contribution < 1.29 is 4.74 Å². The molecule has 0 N–H and O–H groups in total. The number of rotatable bonds is 1. The van der Waals surface area contributed by atoms with Gasteiger partial charge < -0.3 is 9.64 Å². The van der Waals surface area contributed by atoms with Crippen molar-refractivity contribution in [1.82, 2.24) is 4.90 Å². The summed E-state index contributed by atoms with van der Waals surface area (Å²) in [7, 11) is 0. The van der Waals surface area contributed by atoms with Crippen LogP contribution in [0.1, 0.15) is 25.7 Å². The Morgan fingerprint density at radius 2 is 1.93 bits per heavy atom. The highest BCUT2D eigenvalue weighted by Crippen LogP contribution is 2.27. The first-order chi connectivity index (χ1) is 7.42. The molecule has 1 heterocycles. The largest absolute Gasteiger partial charge is 0.378 e. The second-order valence-electron chi connectivity index (χ2n) is 4.15. The molecule has 1 saturated carbocycles. The monoisotopic (exact) mass is 207 g/mol. The van der Waals surface area contributed by atoms with Crippen molar-refractivity contribution in [3.8, 4) is 6.19 Å². The van der Waals surface area contributed by atoms with E-state index in [0.717, 1.165) is 32.1 Å². The number of hydrogen-bond acceptors (Lipinski definition) is 3. The van der Waals surface area contributed by atoms with Gasteiger partial charge in [0.05, 0.1) is 13.2 Å². The number of nitriles is 1. The van der Waals surface area contributed by atoms with E-state index in [-0.39, 0.29) is 0 Å². The molecule has 0 radical (unpaired) electrons. The third-order valence-electron chi connectivity index (χ3n) is 3.22. The van der Waals surface area contributed by atoms with E-state index in [1.165, 1.54) is 25.7 Å². The minimum atomic E-state index is 0.516. The molecule has 1 aliphatic heterocycles. The lowest BCUT2D eigenvalue weighted by Gasteiger charge is -2.31. The average Bonchev–Trinajstić information content (AvgIpc) is 2.80. The third kappa shape index (κ3) is 2.48. The van der Waals surface area contributed by atoms with Crippen LogP contribution in [-0.2, 0) is 4.74 Å². The molecular weight excluding hydrogens is 190 g/mol. The standard InChI is InChI=1S/C11H17N3O/c12-9-13-11(10-3-1-2-4-10)14-5-7-15-8-6-14/h10H,1-8H2. The predicted octanol–water partition coefficient (Wildman–Crippen LogP) is 1.39. The summed E-state index contributed by atoms with van der Waals surface area (Å²) in [6.45, 7) is 3.29. The van der Waals surface area contributed by atoms with E-state index in [0.29, 0.717) is 5.92 Å². The van der Waals surface area contributed by atoms with Gasteiger partial charge in [-0.3, -0.25) is 0 Å². The summed E-state index contributed by atoms with van der Waals surface area (Å²) in [5.74, 6) is 1.53. The normalized spacial score (nSPS) is 24.2. The van der Waals surface area contributed by atoms with Crippen LogP contribution >= 0.6 is 0 Å². The first-order valence-electron chi connectivity index (χ1n) is 5.71. The van der Waals surface area contributed by atoms with Gasteiger partial charge in [-0.15, -0.1) is 0 Å². The Bertz CT molecular complexity index is 270. The molecule has 0 unspecified atom stereocenters. The van der Waals surface area contributed by atoms with Gasteiger partial charge in [0.15, 0.2) is 0 Å². The number of amidine groups is 1. The van der Waals surface area contributed by atoms with E-state index in [9.17, 15) is 0 Å². The summed E-state index contributed by atoms with van der Waals surface area (Å²) in [4.78, 5) is 6.25. The lowest BCUT2D eigenvalue weighted by Crippen LogP contribution is -2.43. The van der Waals surface area contributed by atoms with Crippen molar-refractivity contribution in [2.45, 2.75) is 25.7 Å². The molecule has 2 fully saturated rings. The summed E-state index contributed by atoms with van der Waals surface area (Å²) in [5, 5.41) is 8.73. The van der Waals surface area contributed by atoms with Gasteiger partial charge in [-0.2, -0.15) is 10.3 Å². The molecule has 0 bridgehead atoms. The molecule has 0 amide bonds. The van der Waals surface area contributed by atoms with Crippen molar-refractivity contribution >= 4 is 5.84 Å². The van der Waals surface area contributed by atoms with E-state index >= 15 is 0 Å². The molecule has 2 aliphatic rings. The van der Waals surface area contributed by atoms with Crippen LogP contribution < -0.4 is 0 Å².